The first-order valence-corrected chi connectivity index (χ1v) is 45.2. The molecule has 0 N–H and O–H groups in total. The van der Waals surface area contributed by atoms with Crippen molar-refractivity contribution in [2.24, 2.45) is 11.8 Å². The molecule has 0 bridgehead atoms. The van der Waals surface area contributed by atoms with Crippen LogP contribution in [-0.2, 0) is 29.2 Å². The molecule has 0 spiro atoms. The summed E-state index contributed by atoms with van der Waals surface area (Å²) in [7, 11) is -9.26. The van der Waals surface area contributed by atoms with E-state index >= 15 is 0 Å². The van der Waals surface area contributed by atoms with E-state index in [0.29, 0.717) is 0 Å². The molecule has 11 heteroatoms. The van der Waals surface area contributed by atoms with Crippen LogP contribution in [0.25, 0.3) is 0 Å². The predicted octanol–water partition coefficient (Wildman–Crippen LogP) is 29.1. The molecule has 0 aliphatic heterocycles. The molecular weight excluding hydrogens is 1240 g/mol. The van der Waals surface area contributed by atoms with Gasteiger partial charge in [0.15, 0.2) is 0 Å². The van der Waals surface area contributed by atoms with E-state index in [1.54, 1.807) is 0 Å². The molecule has 8 nitrogen and oxygen atoms in total. The first-order valence-electron chi connectivity index (χ1n) is 42.5. The third-order valence-corrected chi connectivity index (χ3v) is 20.8. The van der Waals surface area contributed by atoms with Gasteiger partial charge in [-0.2, -0.15) is 0 Å². The molecule has 0 aromatic carbocycles. The van der Waals surface area contributed by atoms with Gasteiger partial charge in [-0.3, -0.25) is 8.37 Å². The van der Waals surface area contributed by atoms with Gasteiger partial charge in [0.2, 0.25) is 20.8 Å². The summed E-state index contributed by atoms with van der Waals surface area (Å²) in [6, 6.07) is 0. The Labute approximate surface area is 627 Å². The molecule has 564 valence electrons. The van der Waals surface area contributed by atoms with Gasteiger partial charge in [-0.15, -0.1) is 0 Å². The van der Waals surface area contributed by atoms with Gasteiger partial charge >= 0.3 is 37.7 Å². The Morgan fingerprint density at radius 1 is 0.232 bits per heavy atom. The smallest absolute Gasteiger partial charge is 0.726 e. The zero-order chi connectivity index (χ0) is 68.7. The number of hydrogen-bond acceptors (Lipinski definition) is 8. The van der Waals surface area contributed by atoms with Crippen LogP contribution in [0, 0.1) is 11.8 Å². The van der Waals surface area contributed by atoms with Gasteiger partial charge < -0.3 is 9.11 Å². The minimum Gasteiger partial charge on any atom is -0.726 e. The molecule has 2 atom stereocenters. The molecule has 0 heterocycles. The van der Waals surface area contributed by atoms with Gasteiger partial charge in [-0.25, -0.2) is 16.8 Å². The summed E-state index contributed by atoms with van der Waals surface area (Å²) in [6.45, 7) is 9.11. The van der Waals surface area contributed by atoms with Crippen LogP contribution < -0.4 is 0 Å². The maximum atomic E-state index is 11.0. The van der Waals surface area contributed by atoms with E-state index in [1.165, 1.54) is 424 Å². The van der Waals surface area contributed by atoms with Gasteiger partial charge in [0.25, 0.3) is 0 Å². The first-order chi connectivity index (χ1) is 46.0. The van der Waals surface area contributed by atoms with Crippen LogP contribution in [0.15, 0.2) is 24.3 Å². The van der Waals surface area contributed by atoms with E-state index in [1.807, 2.05) is 0 Å². The summed E-state index contributed by atoms with van der Waals surface area (Å²) in [5.41, 5.74) is 0. The summed E-state index contributed by atoms with van der Waals surface area (Å²) >= 11 is 0. The second kappa shape index (κ2) is 85.1. The van der Waals surface area contributed by atoms with Crippen molar-refractivity contribution in [3.8, 4) is 0 Å². The van der Waals surface area contributed by atoms with Gasteiger partial charge in [-0.05, 0) is 38.5 Å². The standard InChI is InChI=1S/2C42H84O4S.Ca/c2*1-3-5-7-9-11-13-15-17-19-21-22-23-24-26-28-30-32-34-36-38-40-42(41-46-47(43,44)45)39-37-35-33-31-29-27-25-20-18-16-14-12-10-8-6-4-2;/h2*38,40,42H,3-37,39,41H2,1-2H3,(H,43,44,45);/q;;+2/p-2/b2*40-38+;. The Morgan fingerprint density at radius 2 is 0.368 bits per heavy atom. The molecule has 0 fully saturated rings. The van der Waals surface area contributed by atoms with Crippen molar-refractivity contribution < 1.29 is 34.3 Å². The van der Waals surface area contributed by atoms with Crippen LogP contribution in [0.1, 0.15) is 490 Å². The Hall–Kier alpha value is 0.480. The molecule has 0 amide bonds. The fourth-order valence-corrected chi connectivity index (χ4v) is 14.3. The van der Waals surface area contributed by atoms with E-state index in [2.05, 4.69) is 60.4 Å². The van der Waals surface area contributed by atoms with Crippen LogP contribution in [0.5, 0.6) is 0 Å². The van der Waals surface area contributed by atoms with Crippen molar-refractivity contribution in [1.29, 1.82) is 0 Å². The van der Waals surface area contributed by atoms with Crippen molar-refractivity contribution in [2.75, 3.05) is 13.2 Å². The molecule has 2 unspecified atom stereocenters. The van der Waals surface area contributed by atoms with Crippen LogP contribution in [-0.4, -0.2) is 76.9 Å². The van der Waals surface area contributed by atoms with Gasteiger partial charge in [0.05, 0.1) is 13.2 Å². The topological polar surface area (TPSA) is 133 Å². The van der Waals surface area contributed by atoms with Crippen molar-refractivity contribution in [1.82, 2.24) is 0 Å². The normalized spacial score (nSPS) is 12.7. The summed E-state index contributed by atoms with van der Waals surface area (Å²) < 4.78 is 75.4. The van der Waals surface area contributed by atoms with E-state index in [0.717, 1.165) is 38.5 Å². The van der Waals surface area contributed by atoms with Crippen molar-refractivity contribution in [3.63, 3.8) is 0 Å². The molecule has 0 radical (unpaired) electrons. The minimum atomic E-state index is -4.63. The first kappa shape index (κ1) is 99.7. The summed E-state index contributed by atoms with van der Waals surface area (Å²) in [5.74, 6) is 0.0295. The number of rotatable bonds is 80. The quantitative estimate of drug-likeness (QED) is 0.0193. The van der Waals surface area contributed by atoms with Crippen molar-refractivity contribution in [3.05, 3.63) is 24.3 Å². The van der Waals surface area contributed by atoms with Crippen molar-refractivity contribution in [2.45, 2.75) is 490 Å². The van der Waals surface area contributed by atoms with Crippen LogP contribution in [0.2, 0.25) is 0 Å². The van der Waals surface area contributed by atoms with Gasteiger partial charge in [-0.1, -0.05) is 476 Å². The largest absolute Gasteiger partial charge is 2.00 e. The Kier molecular flexibility index (Phi) is 89.3. The molecule has 0 aromatic rings. The average Bonchev–Trinajstić information content (AvgIpc) is 3.20. The maximum Gasteiger partial charge on any atom is 2.00 e. The molecule has 0 rings (SSSR count). The molecule has 95 heavy (non-hydrogen) atoms. The molecule has 0 saturated carbocycles. The van der Waals surface area contributed by atoms with Crippen LogP contribution in [0.3, 0.4) is 0 Å². The summed E-state index contributed by atoms with van der Waals surface area (Å²) in [5, 5.41) is 0. The monoisotopic (exact) mass is 1410 g/mol. The van der Waals surface area contributed by atoms with Crippen LogP contribution in [0.4, 0.5) is 0 Å². The maximum absolute atomic E-state index is 11.0. The van der Waals surface area contributed by atoms with Crippen molar-refractivity contribution >= 4 is 58.5 Å². The molecule has 0 aromatic heterocycles. The summed E-state index contributed by atoms with van der Waals surface area (Å²) in [6.07, 6.45) is 105. The average molecular weight is 1410 g/mol. The SMILES string of the molecule is CCCCCCCCCCCCCCCCCCCC/C=C/C(CCCCCCCCCCCCCCCCCC)COS(=O)(=O)[O-].CCCCCCCCCCCCCCCCCCCC/C=C/C(CCCCCCCCCCCCCCCCCC)COS(=O)(=O)[O-].[Ca+2]. The van der Waals surface area contributed by atoms with Crippen LogP contribution >= 0.6 is 0 Å². The van der Waals surface area contributed by atoms with Gasteiger partial charge in [0.1, 0.15) is 0 Å². The number of unbranched alkanes of at least 4 members (excludes halogenated alkanes) is 66. The third-order valence-electron chi connectivity index (χ3n) is 20.0. The molecule has 0 aliphatic rings. The van der Waals surface area contributed by atoms with E-state index in [-0.39, 0.29) is 62.8 Å². The zero-order valence-corrected chi connectivity index (χ0v) is 68.4. The minimum absolute atomic E-state index is 0. The fraction of sp³-hybridized carbons (Fsp3) is 0.952. The Bertz CT molecular complexity index is 1570. The summed E-state index contributed by atoms with van der Waals surface area (Å²) in [4.78, 5) is 0. The predicted molar refractivity (Wildman–Crippen MR) is 417 cm³/mol. The van der Waals surface area contributed by atoms with E-state index < -0.39 is 20.8 Å². The van der Waals surface area contributed by atoms with Gasteiger partial charge in [0, 0.05) is 11.8 Å². The Balaban J connectivity index is -0.00000176. The molecule has 0 saturated heterocycles. The number of hydrogen-bond donors (Lipinski definition) is 0. The zero-order valence-electron chi connectivity index (χ0n) is 64.6. The third kappa shape index (κ3) is 94.5. The van der Waals surface area contributed by atoms with E-state index in [4.69, 9.17) is 0 Å². The second-order valence-electron chi connectivity index (χ2n) is 29.5. The molecular formula is C84H166CaO8S2. The fourth-order valence-electron chi connectivity index (χ4n) is 13.6. The molecule has 0 aliphatic carbocycles. The number of allylic oxidation sites excluding steroid dienone is 2. The second-order valence-corrected chi connectivity index (χ2v) is 31.6. The van der Waals surface area contributed by atoms with E-state index in [9.17, 15) is 25.9 Å². The Morgan fingerprint density at radius 3 is 0.516 bits per heavy atom.